The number of hydrogen-bond donors (Lipinski definition) is 0. The molecule has 3 atom stereocenters. The third-order valence-electron chi connectivity index (χ3n) is 3.14. The normalized spacial score (nSPS) is 36.5. The zero-order valence-electron chi connectivity index (χ0n) is 8.37. The Morgan fingerprint density at radius 3 is 2.92 bits per heavy atom. The Hall–Kier alpha value is -0.520. The van der Waals surface area contributed by atoms with Gasteiger partial charge in [-0.2, -0.15) is 0 Å². The molecule has 0 heterocycles. The molecule has 0 heteroatoms. The smallest absolute Gasteiger partial charge is 0.00588 e. The quantitative estimate of drug-likeness (QED) is 0.613. The molecule has 1 saturated carbocycles. The van der Waals surface area contributed by atoms with Gasteiger partial charge in [0.25, 0.3) is 0 Å². The van der Waals surface area contributed by atoms with Crippen LogP contribution >= 0.6 is 0 Å². The van der Waals surface area contributed by atoms with Gasteiger partial charge in [-0.1, -0.05) is 44.1 Å². The van der Waals surface area contributed by atoms with Crippen molar-refractivity contribution in [3.63, 3.8) is 0 Å². The molecule has 0 nitrogen and oxygen atoms in total. The van der Waals surface area contributed by atoms with Gasteiger partial charge >= 0.3 is 0 Å². The van der Waals surface area contributed by atoms with Crippen molar-refractivity contribution in [1.82, 2.24) is 0 Å². The molecule has 13 heavy (non-hydrogen) atoms. The SMILES string of the molecule is CCCCC1[C]C2C=CC=CC2C1. The van der Waals surface area contributed by atoms with Crippen molar-refractivity contribution in [3.8, 4) is 0 Å². The number of rotatable bonds is 3. The van der Waals surface area contributed by atoms with Crippen molar-refractivity contribution in [3.05, 3.63) is 30.7 Å². The second-order valence-corrected chi connectivity index (χ2v) is 4.20. The van der Waals surface area contributed by atoms with E-state index >= 15 is 0 Å². The number of hydrogen-bond acceptors (Lipinski definition) is 0. The van der Waals surface area contributed by atoms with Crippen molar-refractivity contribution >= 4 is 0 Å². The molecule has 1 fully saturated rings. The Balaban J connectivity index is 1.86. The van der Waals surface area contributed by atoms with Gasteiger partial charge in [0.15, 0.2) is 0 Å². The van der Waals surface area contributed by atoms with E-state index in [-0.39, 0.29) is 0 Å². The lowest BCUT2D eigenvalue weighted by Gasteiger charge is -2.12. The number of fused-ring (bicyclic) bond motifs is 1. The first-order valence-electron chi connectivity index (χ1n) is 5.51. The van der Waals surface area contributed by atoms with E-state index < -0.39 is 0 Å². The Labute approximate surface area is 81.7 Å². The fraction of sp³-hybridized carbons (Fsp3) is 0.615. The van der Waals surface area contributed by atoms with Crippen molar-refractivity contribution in [2.45, 2.75) is 32.6 Å². The molecule has 70 valence electrons. The maximum atomic E-state index is 3.69. The summed E-state index contributed by atoms with van der Waals surface area (Å²) >= 11 is 0. The molecule has 0 saturated heterocycles. The Morgan fingerprint density at radius 1 is 1.31 bits per heavy atom. The lowest BCUT2D eigenvalue weighted by Crippen LogP contribution is -2.03. The molecule has 2 rings (SSSR count). The minimum Gasteiger partial charge on any atom is -0.0808 e. The monoisotopic (exact) mass is 174 g/mol. The molecule has 0 amide bonds. The summed E-state index contributed by atoms with van der Waals surface area (Å²) in [6.07, 6.45) is 18.1. The highest BCUT2D eigenvalue weighted by Crippen LogP contribution is 2.40. The highest BCUT2D eigenvalue weighted by molar-refractivity contribution is 5.20. The van der Waals surface area contributed by atoms with Gasteiger partial charge in [0.1, 0.15) is 0 Å². The molecule has 0 N–H and O–H groups in total. The molecule has 0 aliphatic heterocycles. The van der Waals surface area contributed by atoms with Crippen molar-refractivity contribution in [1.29, 1.82) is 0 Å². The first-order chi connectivity index (χ1) is 6.40. The Bertz CT molecular complexity index is 192. The van der Waals surface area contributed by atoms with E-state index in [4.69, 9.17) is 0 Å². The van der Waals surface area contributed by atoms with E-state index in [1.165, 1.54) is 25.7 Å². The van der Waals surface area contributed by atoms with Crippen LogP contribution in [0.5, 0.6) is 0 Å². The van der Waals surface area contributed by atoms with Crippen molar-refractivity contribution < 1.29 is 0 Å². The molecule has 0 aromatic rings. The summed E-state index contributed by atoms with van der Waals surface area (Å²) in [4.78, 5) is 0. The van der Waals surface area contributed by atoms with Crippen LogP contribution in [-0.2, 0) is 0 Å². The minimum atomic E-state index is 0.631. The van der Waals surface area contributed by atoms with Gasteiger partial charge in [0, 0.05) is 0 Å². The molecule has 0 aromatic carbocycles. The second-order valence-electron chi connectivity index (χ2n) is 4.20. The van der Waals surface area contributed by atoms with Gasteiger partial charge in [-0.05, 0) is 37.0 Å². The fourth-order valence-corrected chi connectivity index (χ4v) is 2.38. The Morgan fingerprint density at radius 2 is 2.15 bits per heavy atom. The van der Waals surface area contributed by atoms with Crippen LogP contribution in [0.3, 0.4) is 0 Å². The van der Waals surface area contributed by atoms with Gasteiger partial charge < -0.3 is 0 Å². The molecule has 2 aliphatic rings. The predicted octanol–water partition coefficient (Wildman–Crippen LogP) is 3.64. The van der Waals surface area contributed by atoms with Gasteiger partial charge in [0.05, 0.1) is 0 Å². The highest BCUT2D eigenvalue weighted by Gasteiger charge is 2.31. The number of allylic oxidation sites excluding steroid dienone is 4. The first kappa shape index (κ1) is 9.05. The van der Waals surface area contributed by atoms with E-state index in [0.717, 1.165) is 11.8 Å². The predicted molar refractivity (Wildman–Crippen MR) is 56.1 cm³/mol. The van der Waals surface area contributed by atoms with Gasteiger partial charge in [0.2, 0.25) is 0 Å². The lowest BCUT2D eigenvalue weighted by atomic mass is 9.92. The van der Waals surface area contributed by atoms with Crippen LogP contribution in [-0.4, -0.2) is 0 Å². The standard InChI is InChI=1S/C13H18/c1-2-3-6-11-9-12-7-4-5-8-13(12)10-11/h4-5,7-8,11-13H,2-3,6,9H2,1H3. The average Bonchev–Trinajstić information content (AvgIpc) is 2.57. The van der Waals surface area contributed by atoms with Gasteiger partial charge in [-0.15, -0.1) is 0 Å². The van der Waals surface area contributed by atoms with E-state index in [1.807, 2.05) is 0 Å². The van der Waals surface area contributed by atoms with Crippen LogP contribution < -0.4 is 0 Å². The maximum absolute atomic E-state index is 3.69. The topological polar surface area (TPSA) is 0 Å². The zero-order chi connectivity index (χ0) is 9.10. The summed E-state index contributed by atoms with van der Waals surface area (Å²) in [7, 11) is 0. The highest BCUT2D eigenvalue weighted by atomic mass is 14.4. The van der Waals surface area contributed by atoms with E-state index in [9.17, 15) is 0 Å². The van der Waals surface area contributed by atoms with Crippen LogP contribution in [0, 0.1) is 24.2 Å². The third kappa shape index (κ3) is 2.04. The van der Waals surface area contributed by atoms with E-state index in [0.29, 0.717) is 5.92 Å². The van der Waals surface area contributed by atoms with Crippen LogP contribution in [0.4, 0.5) is 0 Å². The zero-order valence-corrected chi connectivity index (χ0v) is 8.37. The largest absolute Gasteiger partial charge is 0.0808 e. The second kappa shape index (κ2) is 4.13. The fourth-order valence-electron chi connectivity index (χ4n) is 2.38. The lowest BCUT2D eigenvalue weighted by molar-refractivity contribution is 0.502. The van der Waals surface area contributed by atoms with Crippen molar-refractivity contribution in [2.24, 2.45) is 17.8 Å². The van der Waals surface area contributed by atoms with E-state index in [1.54, 1.807) is 0 Å². The summed E-state index contributed by atoms with van der Waals surface area (Å²) in [6, 6.07) is 0. The molecule has 0 aromatic heterocycles. The summed E-state index contributed by atoms with van der Waals surface area (Å²) in [5.74, 6) is 2.17. The van der Waals surface area contributed by atoms with Gasteiger partial charge in [-0.3, -0.25) is 0 Å². The molecule has 0 bridgehead atoms. The summed E-state index contributed by atoms with van der Waals surface area (Å²) in [5, 5.41) is 0. The molecular weight excluding hydrogens is 156 g/mol. The first-order valence-corrected chi connectivity index (χ1v) is 5.51. The van der Waals surface area contributed by atoms with Crippen LogP contribution in [0.15, 0.2) is 24.3 Å². The molecule has 0 spiro atoms. The average molecular weight is 174 g/mol. The molecule has 2 aliphatic carbocycles. The maximum Gasteiger partial charge on any atom is -0.00588 e. The van der Waals surface area contributed by atoms with Gasteiger partial charge in [-0.25, -0.2) is 0 Å². The molecular formula is C13H18. The Kier molecular flexibility index (Phi) is 2.87. The summed E-state index contributed by atoms with van der Waals surface area (Å²) < 4.78 is 0. The molecule has 3 unspecified atom stereocenters. The number of unbranched alkanes of at least 4 members (excludes halogenated alkanes) is 1. The van der Waals surface area contributed by atoms with Crippen LogP contribution in [0.25, 0.3) is 0 Å². The minimum absolute atomic E-state index is 0.631. The van der Waals surface area contributed by atoms with E-state index in [2.05, 4.69) is 37.6 Å². The third-order valence-corrected chi connectivity index (χ3v) is 3.14. The van der Waals surface area contributed by atoms with Crippen LogP contribution in [0.2, 0.25) is 0 Å². The molecule has 2 radical (unpaired) electrons. The summed E-state index contributed by atoms with van der Waals surface area (Å²) in [6.45, 7) is 2.27. The van der Waals surface area contributed by atoms with Crippen molar-refractivity contribution in [2.75, 3.05) is 0 Å². The van der Waals surface area contributed by atoms with Crippen LogP contribution in [0.1, 0.15) is 32.6 Å². The summed E-state index contributed by atoms with van der Waals surface area (Å²) in [5.41, 5.74) is 0.